The van der Waals surface area contributed by atoms with E-state index in [2.05, 4.69) is 33.3 Å². The summed E-state index contributed by atoms with van der Waals surface area (Å²) in [5.41, 5.74) is 5.73. The summed E-state index contributed by atoms with van der Waals surface area (Å²) in [5.74, 6) is 1.19. The second-order valence-electron chi connectivity index (χ2n) is 8.23. The highest BCUT2D eigenvalue weighted by atomic mass is 16.5. The Kier molecular flexibility index (Phi) is 3.97. The summed E-state index contributed by atoms with van der Waals surface area (Å²) in [4.78, 5) is 22.7. The number of carbonyl (C=O) groups is 1. The van der Waals surface area contributed by atoms with Crippen LogP contribution >= 0.6 is 0 Å². The van der Waals surface area contributed by atoms with Crippen molar-refractivity contribution in [2.24, 2.45) is 0 Å². The lowest BCUT2D eigenvalue weighted by Gasteiger charge is -2.25. The van der Waals surface area contributed by atoms with Crippen molar-refractivity contribution in [2.45, 2.75) is 38.0 Å². The molecule has 1 aliphatic carbocycles. The Morgan fingerprint density at radius 1 is 1.07 bits per heavy atom. The molecule has 1 fully saturated rings. The Hall–Kier alpha value is -3.41. The van der Waals surface area contributed by atoms with E-state index in [1.54, 1.807) is 0 Å². The molecule has 4 aromatic rings. The second-order valence-corrected chi connectivity index (χ2v) is 8.23. The van der Waals surface area contributed by atoms with E-state index < -0.39 is 0 Å². The first-order valence-corrected chi connectivity index (χ1v) is 10.6. The van der Waals surface area contributed by atoms with Crippen molar-refractivity contribution < 1.29 is 9.32 Å². The maximum Gasteiger partial charge on any atom is 0.258 e. The minimum atomic E-state index is -0.0557. The molecular weight excluding hydrogens is 376 g/mol. The highest BCUT2D eigenvalue weighted by molar-refractivity contribution is 5.97. The fraction of sp³-hybridized carbons (Fsp3) is 0.292. The van der Waals surface area contributed by atoms with Crippen molar-refractivity contribution in [2.75, 3.05) is 11.4 Å². The van der Waals surface area contributed by atoms with Gasteiger partial charge in [0.1, 0.15) is 0 Å². The smallest absolute Gasteiger partial charge is 0.258 e. The number of hydrogen-bond acceptors (Lipinski definition) is 4. The topological polar surface area (TPSA) is 75.0 Å². The van der Waals surface area contributed by atoms with E-state index in [0.717, 1.165) is 35.0 Å². The number of H-pyrrole nitrogens is 1. The summed E-state index contributed by atoms with van der Waals surface area (Å²) < 4.78 is 5.60. The van der Waals surface area contributed by atoms with Crippen LogP contribution in [0.25, 0.3) is 22.4 Å². The van der Waals surface area contributed by atoms with Gasteiger partial charge < -0.3 is 14.4 Å². The average molecular weight is 398 g/mol. The number of hydrogen-bond donors (Lipinski definition) is 1. The normalized spacial score (nSPS) is 18.9. The zero-order chi connectivity index (χ0) is 20.1. The Bertz CT molecular complexity index is 1260. The highest BCUT2D eigenvalue weighted by Gasteiger charge is 2.36. The van der Waals surface area contributed by atoms with E-state index >= 15 is 0 Å². The van der Waals surface area contributed by atoms with Crippen LogP contribution in [-0.2, 0) is 17.6 Å². The van der Waals surface area contributed by atoms with Gasteiger partial charge in [-0.3, -0.25) is 4.79 Å². The lowest BCUT2D eigenvalue weighted by atomic mass is 9.90. The maximum atomic E-state index is 12.9. The van der Waals surface area contributed by atoms with Crippen molar-refractivity contribution in [3.63, 3.8) is 0 Å². The van der Waals surface area contributed by atoms with E-state index in [1.165, 1.54) is 24.0 Å². The Labute approximate surface area is 173 Å². The number of nitrogens with zero attached hydrogens (tertiary/aromatic N) is 3. The summed E-state index contributed by atoms with van der Waals surface area (Å²) in [6.07, 6.45) is 6.89. The number of aromatic nitrogens is 3. The van der Waals surface area contributed by atoms with Gasteiger partial charge in [-0.05, 0) is 61.1 Å². The largest absolute Gasteiger partial charge is 0.361 e. The van der Waals surface area contributed by atoms with Gasteiger partial charge in [0.25, 0.3) is 5.89 Å². The molecule has 6 rings (SSSR count). The molecule has 1 atom stereocenters. The number of amides is 1. The van der Waals surface area contributed by atoms with Gasteiger partial charge in [-0.25, -0.2) is 0 Å². The van der Waals surface area contributed by atoms with Crippen LogP contribution in [0.3, 0.4) is 0 Å². The summed E-state index contributed by atoms with van der Waals surface area (Å²) in [6, 6.07) is 14.3. The predicted octanol–water partition coefficient (Wildman–Crippen LogP) is 4.62. The fourth-order valence-corrected chi connectivity index (χ4v) is 4.91. The molecule has 0 radical (unpaired) electrons. The van der Waals surface area contributed by atoms with Crippen LogP contribution in [0.2, 0.25) is 0 Å². The van der Waals surface area contributed by atoms with E-state index in [0.29, 0.717) is 24.7 Å². The van der Waals surface area contributed by atoms with Crippen molar-refractivity contribution in [3.05, 3.63) is 65.6 Å². The molecule has 2 aromatic heterocycles. The van der Waals surface area contributed by atoms with Crippen LogP contribution in [0.5, 0.6) is 0 Å². The zero-order valence-electron chi connectivity index (χ0n) is 16.6. The monoisotopic (exact) mass is 398 g/mol. The van der Waals surface area contributed by atoms with Crippen molar-refractivity contribution >= 4 is 22.5 Å². The molecule has 150 valence electrons. The van der Waals surface area contributed by atoms with Crippen molar-refractivity contribution in [1.29, 1.82) is 0 Å². The number of aryl methyl sites for hydroxylation is 1. The first-order chi connectivity index (χ1) is 14.8. The summed E-state index contributed by atoms with van der Waals surface area (Å²) in [7, 11) is 0. The number of fused-ring (bicyclic) bond motifs is 2. The molecule has 3 heterocycles. The highest BCUT2D eigenvalue weighted by Crippen LogP contribution is 2.37. The minimum Gasteiger partial charge on any atom is -0.361 e. The second kappa shape index (κ2) is 6.83. The van der Waals surface area contributed by atoms with Crippen LogP contribution in [0.4, 0.5) is 5.69 Å². The summed E-state index contributed by atoms with van der Waals surface area (Å²) in [6.45, 7) is 0.600. The Morgan fingerprint density at radius 2 is 1.97 bits per heavy atom. The SMILES string of the molecule is O=C1CC(c2noc(-c3cccc4[nH]ccc34)n2)CN1c1cccc2c1CCCC2. The molecule has 0 bridgehead atoms. The van der Waals surface area contributed by atoms with Gasteiger partial charge in [0.2, 0.25) is 5.91 Å². The minimum absolute atomic E-state index is 0.0557. The van der Waals surface area contributed by atoms with E-state index in [-0.39, 0.29) is 11.8 Å². The van der Waals surface area contributed by atoms with Crippen LogP contribution < -0.4 is 4.90 Å². The lowest BCUT2D eigenvalue weighted by molar-refractivity contribution is -0.117. The van der Waals surface area contributed by atoms with Gasteiger partial charge in [0.15, 0.2) is 5.82 Å². The van der Waals surface area contributed by atoms with E-state index in [4.69, 9.17) is 4.52 Å². The number of carbonyl (C=O) groups excluding carboxylic acids is 1. The van der Waals surface area contributed by atoms with Gasteiger partial charge in [-0.1, -0.05) is 23.4 Å². The molecule has 0 saturated carbocycles. The van der Waals surface area contributed by atoms with Crippen molar-refractivity contribution in [1.82, 2.24) is 15.1 Å². The third kappa shape index (κ3) is 2.75. The third-order valence-corrected chi connectivity index (χ3v) is 6.42. The fourth-order valence-electron chi connectivity index (χ4n) is 4.91. The van der Waals surface area contributed by atoms with Crippen LogP contribution in [0, 0.1) is 0 Å². The lowest BCUT2D eigenvalue weighted by Crippen LogP contribution is -2.26. The number of rotatable bonds is 3. The van der Waals surface area contributed by atoms with Gasteiger partial charge in [0, 0.05) is 47.2 Å². The third-order valence-electron chi connectivity index (χ3n) is 6.42. The molecule has 1 aliphatic heterocycles. The molecule has 6 heteroatoms. The van der Waals surface area contributed by atoms with Crippen LogP contribution in [-0.4, -0.2) is 27.6 Å². The number of aromatic amines is 1. The van der Waals surface area contributed by atoms with Crippen LogP contribution in [0.15, 0.2) is 53.2 Å². The van der Waals surface area contributed by atoms with Crippen molar-refractivity contribution in [3.8, 4) is 11.5 Å². The van der Waals surface area contributed by atoms with Gasteiger partial charge in [0.05, 0.1) is 0 Å². The summed E-state index contributed by atoms with van der Waals surface area (Å²) in [5, 5.41) is 5.29. The standard InChI is InChI=1S/C24H22N4O2/c29-22-13-16(14-28(22)21-10-3-6-15-5-1-2-7-17(15)21)23-26-24(30-27-23)19-8-4-9-20-18(19)11-12-25-20/h3-4,6,8-12,16,25H,1-2,5,7,13-14H2. The summed E-state index contributed by atoms with van der Waals surface area (Å²) >= 11 is 0. The molecular formula is C24H22N4O2. The number of nitrogens with one attached hydrogen (secondary N) is 1. The van der Waals surface area contributed by atoms with Gasteiger partial charge in [-0.2, -0.15) is 4.98 Å². The average Bonchev–Trinajstić information content (AvgIpc) is 3.52. The van der Waals surface area contributed by atoms with Gasteiger partial charge in [-0.15, -0.1) is 0 Å². The quantitative estimate of drug-likeness (QED) is 0.546. The number of anilines is 1. The van der Waals surface area contributed by atoms with Gasteiger partial charge >= 0.3 is 0 Å². The Balaban J connectivity index is 1.30. The molecule has 2 aromatic carbocycles. The molecule has 1 N–H and O–H groups in total. The molecule has 1 unspecified atom stereocenters. The molecule has 1 amide bonds. The molecule has 6 nitrogen and oxygen atoms in total. The predicted molar refractivity (Wildman–Crippen MR) is 114 cm³/mol. The molecule has 0 spiro atoms. The molecule has 2 aliphatic rings. The molecule has 30 heavy (non-hydrogen) atoms. The van der Waals surface area contributed by atoms with E-state index in [1.807, 2.05) is 35.4 Å². The zero-order valence-corrected chi connectivity index (χ0v) is 16.6. The first-order valence-electron chi connectivity index (χ1n) is 10.6. The number of benzene rings is 2. The molecule has 1 saturated heterocycles. The Morgan fingerprint density at radius 3 is 2.93 bits per heavy atom. The maximum absolute atomic E-state index is 12.9. The first kappa shape index (κ1) is 17.4. The van der Waals surface area contributed by atoms with Crippen LogP contribution in [0.1, 0.15) is 42.1 Å². The van der Waals surface area contributed by atoms with E-state index in [9.17, 15) is 4.79 Å².